The Balaban J connectivity index is 2.02. The van der Waals surface area contributed by atoms with Crippen LogP contribution in [0.5, 0.6) is 5.75 Å². The molecule has 0 aliphatic carbocycles. The summed E-state index contributed by atoms with van der Waals surface area (Å²) in [6.07, 6.45) is 0. The molecule has 4 N–H and O–H groups in total. The van der Waals surface area contributed by atoms with Crippen molar-refractivity contribution >= 4 is 11.9 Å². The molecule has 1 aromatic rings. The van der Waals surface area contributed by atoms with E-state index in [2.05, 4.69) is 14.7 Å². The van der Waals surface area contributed by atoms with E-state index in [1.165, 1.54) is 0 Å². The fourth-order valence-corrected chi connectivity index (χ4v) is 2.00. The minimum atomic E-state index is -2.27. The van der Waals surface area contributed by atoms with E-state index in [1.807, 2.05) is 0 Å². The number of hydroxylamine groups is 2. The summed E-state index contributed by atoms with van der Waals surface area (Å²) in [5.74, 6) is -12.2. The second-order valence-corrected chi connectivity index (χ2v) is 5.31. The average molecular weight is 367 g/mol. The zero-order valence-electron chi connectivity index (χ0n) is 13.1. The highest BCUT2D eigenvalue weighted by Gasteiger charge is 2.33. The van der Waals surface area contributed by atoms with Crippen LogP contribution < -0.4 is 16.2 Å². The summed E-state index contributed by atoms with van der Waals surface area (Å²) in [6.45, 7) is 2.28. The summed E-state index contributed by atoms with van der Waals surface area (Å²) in [4.78, 5) is 12.9. The van der Waals surface area contributed by atoms with E-state index < -0.39 is 47.1 Å². The molecule has 0 spiro atoms. The summed E-state index contributed by atoms with van der Waals surface area (Å²) in [7, 11) is 0. The quantitative estimate of drug-likeness (QED) is 0.355. The zero-order chi connectivity index (χ0) is 18.9. The maximum absolute atomic E-state index is 13.4. The normalized spacial score (nSPS) is 16.5. The lowest BCUT2D eigenvalue weighted by Crippen LogP contribution is -2.54. The second-order valence-electron chi connectivity index (χ2n) is 5.31. The molecule has 25 heavy (non-hydrogen) atoms. The summed E-state index contributed by atoms with van der Waals surface area (Å²) in [6, 6.07) is 0. The molecule has 1 aliphatic heterocycles. The molecule has 0 radical (unpaired) electrons. The van der Waals surface area contributed by atoms with Crippen molar-refractivity contribution in [3.8, 4) is 5.75 Å². The number of guanidine groups is 2. The van der Waals surface area contributed by atoms with Crippen molar-refractivity contribution in [1.82, 2.24) is 5.06 Å². The molecule has 1 aromatic carbocycles. The number of nitrogens with two attached hydrogens (primary N) is 2. The van der Waals surface area contributed by atoms with Crippen LogP contribution in [0.4, 0.5) is 22.0 Å². The molecule has 138 valence electrons. The number of aliphatic imine (C=N–C) groups is 2. The van der Waals surface area contributed by atoms with Crippen molar-refractivity contribution in [3.05, 3.63) is 29.1 Å². The smallest absolute Gasteiger partial charge is 0.226 e. The van der Waals surface area contributed by atoms with E-state index in [1.54, 1.807) is 13.8 Å². The first kappa shape index (κ1) is 18.7. The largest absolute Gasteiger partial charge is 0.485 e. The number of hydrogen-bond acceptors (Lipinski definition) is 7. The number of halogens is 5. The molecule has 1 aliphatic rings. The van der Waals surface area contributed by atoms with Crippen molar-refractivity contribution in [3.63, 3.8) is 0 Å². The molecule has 0 amide bonds. The Morgan fingerprint density at radius 2 is 1.44 bits per heavy atom. The summed E-state index contributed by atoms with van der Waals surface area (Å²) >= 11 is 0. The first-order chi connectivity index (χ1) is 11.6. The number of ether oxygens (including phenoxy) is 1. The van der Waals surface area contributed by atoms with Crippen LogP contribution in [-0.4, -0.2) is 35.9 Å². The second kappa shape index (κ2) is 6.70. The average Bonchev–Trinajstić information content (AvgIpc) is 2.51. The van der Waals surface area contributed by atoms with Crippen molar-refractivity contribution < 1.29 is 31.5 Å². The van der Waals surface area contributed by atoms with Crippen LogP contribution in [0.1, 0.15) is 13.8 Å². The molecule has 2 rings (SSSR count). The maximum atomic E-state index is 13.4. The predicted molar refractivity (Wildman–Crippen MR) is 76.8 cm³/mol. The van der Waals surface area contributed by atoms with Crippen LogP contribution in [0.15, 0.2) is 9.98 Å². The Morgan fingerprint density at radius 3 is 1.96 bits per heavy atom. The van der Waals surface area contributed by atoms with E-state index in [0.717, 1.165) is 5.06 Å². The Hall–Kier alpha value is -2.63. The van der Waals surface area contributed by atoms with Crippen LogP contribution in [-0.2, 0) is 4.84 Å². The van der Waals surface area contributed by atoms with E-state index >= 15 is 0 Å². The van der Waals surface area contributed by atoms with Gasteiger partial charge in [0.15, 0.2) is 11.4 Å². The van der Waals surface area contributed by atoms with Gasteiger partial charge in [-0.3, -0.25) is 4.84 Å². The Labute approximate surface area is 138 Å². The van der Waals surface area contributed by atoms with Gasteiger partial charge in [-0.05, 0) is 13.8 Å². The molecular formula is C13H14F5N5O2. The Kier molecular flexibility index (Phi) is 5.02. The molecule has 1 heterocycles. The first-order valence-electron chi connectivity index (χ1n) is 6.83. The monoisotopic (exact) mass is 367 g/mol. The van der Waals surface area contributed by atoms with Crippen LogP contribution in [0, 0.1) is 29.1 Å². The van der Waals surface area contributed by atoms with Gasteiger partial charge in [0, 0.05) is 0 Å². The van der Waals surface area contributed by atoms with Crippen LogP contribution >= 0.6 is 0 Å². The summed E-state index contributed by atoms with van der Waals surface area (Å²) in [5, 5.41) is 1.06. The van der Waals surface area contributed by atoms with E-state index in [4.69, 9.17) is 16.3 Å². The van der Waals surface area contributed by atoms with Crippen LogP contribution in [0.3, 0.4) is 0 Å². The van der Waals surface area contributed by atoms with Gasteiger partial charge in [-0.15, -0.1) is 0 Å². The summed E-state index contributed by atoms with van der Waals surface area (Å²) in [5.41, 5.74) is 10.1. The molecular weight excluding hydrogens is 353 g/mol. The van der Waals surface area contributed by atoms with Gasteiger partial charge >= 0.3 is 0 Å². The highest BCUT2D eigenvalue weighted by atomic mass is 19.2. The minimum Gasteiger partial charge on any atom is -0.485 e. The minimum absolute atomic E-state index is 0.0694. The SMILES string of the molecule is CC1(C)N=C(N)N=C(N)N1OCCOc1c(F)c(F)c(F)c(F)c1F. The standard InChI is InChI=1S/C13H14F5N5O2/c1-13(2)22-11(19)21-12(20)23(13)25-4-3-24-10-8(17)6(15)5(14)7(16)9(10)18/h3-4H2,1-2H3,(H4,19,20,21,22). The van der Waals surface area contributed by atoms with E-state index in [9.17, 15) is 22.0 Å². The molecule has 0 aromatic heterocycles. The lowest BCUT2D eigenvalue weighted by molar-refractivity contribution is -0.161. The third kappa shape index (κ3) is 3.57. The fraction of sp³-hybridized carbons (Fsp3) is 0.385. The lowest BCUT2D eigenvalue weighted by Gasteiger charge is -2.36. The van der Waals surface area contributed by atoms with Crippen LogP contribution in [0.25, 0.3) is 0 Å². The van der Waals surface area contributed by atoms with Crippen molar-refractivity contribution in [2.75, 3.05) is 13.2 Å². The van der Waals surface area contributed by atoms with Gasteiger partial charge in [0.1, 0.15) is 13.2 Å². The van der Waals surface area contributed by atoms with Gasteiger partial charge < -0.3 is 16.2 Å². The molecule has 0 unspecified atom stereocenters. The number of benzene rings is 1. The van der Waals surface area contributed by atoms with E-state index in [0.29, 0.717) is 0 Å². The summed E-state index contributed by atoms with van der Waals surface area (Å²) < 4.78 is 70.5. The molecule has 0 saturated carbocycles. The van der Waals surface area contributed by atoms with Crippen molar-refractivity contribution in [2.45, 2.75) is 19.5 Å². The zero-order valence-corrected chi connectivity index (χ0v) is 13.1. The Morgan fingerprint density at radius 1 is 0.920 bits per heavy atom. The van der Waals surface area contributed by atoms with Gasteiger partial charge in [0.2, 0.25) is 41.0 Å². The molecule has 7 nitrogen and oxygen atoms in total. The van der Waals surface area contributed by atoms with Gasteiger partial charge in [-0.25, -0.2) is 18.2 Å². The van der Waals surface area contributed by atoms with E-state index in [-0.39, 0.29) is 18.5 Å². The third-order valence-corrected chi connectivity index (χ3v) is 3.04. The van der Waals surface area contributed by atoms with Gasteiger partial charge in [-0.1, -0.05) is 0 Å². The first-order valence-corrected chi connectivity index (χ1v) is 6.83. The third-order valence-electron chi connectivity index (χ3n) is 3.04. The van der Waals surface area contributed by atoms with Gasteiger partial charge in [0.25, 0.3) is 0 Å². The number of nitrogens with zero attached hydrogens (tertiary/aromatic N) is 3. The number of hydrogen-bond donors (Lipinski definition) is 2. The molecule has 12 heteroatoms. The highest BCUT2D eigenvalue weighted by Crippen LogP contribution is 2.29. The molecule has 0 atom stereocenters. The Bertz CT molecular complexity index is 724. The molecule has 0 bridgehead atoms. The fourth-order valence-electron chi connectivity index (χ4n) is 2.00. The van der Waals surface area contributed by atoms with Crippen molar-refractivity contribution in [2.24, 2.45) is 21.5 Å². The maximum Gasteiger partial charge on any atom is 0.226 e. The number of rotatable bonds is 5. The van der Waals surface area contributed by atoms with Gasteiger partial charge in [-0.2, -0.15) is 18.8 Å². The highest BCUT2D eigenvalue weighted by molar-refractivity contribution is 5.95. The lowest BCUT2D eigenvalue weighted by atomic mass is 10.2. The van der Waals surface area contributed by atoms with Crippen LogP contribution in [0.2, 0.25) is 0 Å². The van der Waals surface area contributed by atoms with Gasteiger partial charge in [0.05, 0.1) is 0 Å². The topological polar surface area (TPSA) is 98.5 Å². The van der Waals surface area contributed by atoms with Crippen molar-refractivity contribution in [1.29, 1.82) is 0 Å². The molecule has 0 saturated heterocycles. The molecule has 0 fully saturated rings. The predicted octanol–water partition coefficient (Wildman–Crippen LogP) is 1.37.